The molecule has 0 bridgehead atoms. The molecule has 3 rings (SSSR count). The Hall–Kier alpha value is -0.750. The minimum absolute atomic E-state index is 0.592. The summed E-state index contributed by atoms with van der Waals surface area (Å²) in [6, 6.07) is 0.592. The van der Waals surface area contributed by atoms with Gasteiger partial charge in [0.2, 0.25) is 5.95 Å². The van der Waals surface area contributed by atoms with Crippen LogP contribution in [0.4, 0.5) is 5.95 Å². The monoisotopic (exact) mass is 324 g/mol. The predicted octanol–water partition coefficient (Wildman–Crippen LogP) is 3.10. The Balaban J connectivity index is 1.69. The average Bonchev–Trinajstić information content (AvgIpc) is 3.20. The fourth-order valence-electron chi connectivity index (χ4n) is 2.84. The summed E-state index contributed by atoms with van der Waals surface area (Å²) in [6.45, 7) is 8.25. The number of aliphatic hydroxyl groups is 1. The Kier molecular flexibility index (Phi) is 4.69. The molecule has 1 aromatic heterocycles. The molecule has 1 aromatic rings. The molecule has 0 radical (unpaired) electrons. The molecule has 1 saturated heterocycles. The van der Waals surface area contributed by atoms with Crippen LogP contribution in [0.25, 0.3) is 0 Å². The van der Waals surface area contributed by atoms with E-state index >= 15 is 0 Å². The third-order valence-corrected chi connectivity index (χ3v) is 5.51. The Bertz CT molecular complexity index is 499. The van der Waals surface area contributed by atoms with Crippen molar-refractivity contribution in [2.45, 2.75) is 69.7 Å². The maximum absolute atomic E-state index is 9.86. The van der Waals surface area contributed by atoms with Gasteiger partial charge in [-0.15, -0.1) is 10.2 Å². The van der Waals surface area contributed by atoms with Crippen LogP contribution in [0.15, 0.2) is 5.16 Å². The van der Waals surface area contributed by atoms with Crippen molar-refractivity contribution in [1.29, 1.82) is 0 Å². The maximum atomic E-state index is 9.86. The number of piperidine rings is 1. The molecule has 124 valence electrons. The lowest BCUT2D eigenvalue weighted by Crippen LogP contribution is -2.34. The van der Waals surface area contributed by atoms with Gasteiger partial charge in [0.15, 0.2) is 5.16 Å². The third kappa shape index (κ3) is 3.96. The van der Waals surface area contributed by atoms with Gasteiger partial charge in [0, 0.05) is 24.9 Å². The molecule has 5 nitrogen and oxygen atoms in total. The first kappa shape index (κ1) is 16.1. The zero-order valence-electron chi connectivity index (χ0n) is 14.0. The lowest BCUT2D eigenvalue weighted by molar-refractivity contribution is 0.0777. The van der Waals surface area contributed by atoms with E-state index in [9.17, 15) is 5.11 Å². The normalized spacial score (nSPS) is 20.6. The predicted molar refractivity (Wildman–Crippen MR) is 90.5 cm³/mol. The number of anilines is 1. The molecule has 0 spiro atoms. The molecule has 1 saturated carbocycles. The Labute approximate surface area is 137 Å². The lowest BCUT2D eigenvalue weighted by Gasteiger charge is -2.31. The highest BCUT2D eigenvalue weighted by Crippen LogP contribution is 2.41. The van der Waals surface area contributed by atoms with Crippen LogP contribution in [0.1, 0.15) is 58.9 Å². The highest BCUT2D eigenvalue weighted by Gasteiger charge is 2.32. The SMILES string of the molecule is CC1CCN(c2nnc(SCCC(C)(C)O)n2C2CC2)CC1. The van der Waals surface area contributed by atoms with Crippen molar-refractivity contribution >= 4 is 17.7 Å². The zero-order chi connectivity index (χ0) is 15.7. The van der Waals surface area contributed by atoms with Gasteiger partial charge in [0.25, 0.3) is 0 Å². The summed E-state index contributed by atoms with van der Waals surface area (Å²) in [7, 11) is 0. The second-order valence-electron chi connectivity index (χ2n) is 7.46. The number of rotatable bonds is 6. The maximum Gasteiger partial charge on any atom is 0.228 e. The van der Waals surface area contributed by atoms with Crippen LogP contribution in [-0.4, -0.2) is 44.3 Å². The quantitative estimate of drug-likeness (QED) is 0.815. The van der Waals surface area contributed by atoms with E-state index in [-0.39, 0.29) is 0 Å². The van der Waals surface area contributed by atoms with Crippen LogP contribution in [0.2, 0.25) is 0 Å². The van der Waals surface area contributed by atoms with E-state index in [2.05, 4.69) is 26.6 Å². The molecule has 22 heavy (non-hydrogen) atoms. The molecule has 0 aromatic carbocycles. The van der Waals surface area contributed by atoms with Crippen LogP contribution in [0.3, 0.4) is 0 Å². The summed E-state index contributed by atoms with van der Waals surface area (Å²) in [5.41, 5.74) is -0.608. The summed E-state index contributed by atoms with van der Waals surface area (Å²) in [5.74, 6) is 2.78. The average molecular weight is 324 g/mol. The van der Waals surface area contributed by atoms with E-state index in [1.807, 2.05) is 13.8 Å². The van der Waals surface area contributed by atoms with Gasteiger partial charge < -0.3 is 10.0 Å². The molecule has 1 aliphatic heterocycles. The topological polar surface area (TPSA) is 54.2 Å². The second kappa shape index (κ2) is 6.40. The number of nitrogens with zero attached hydrogens (tertiary/aromatic N) is 4. The largest absolute Gasteiger partial charge is 0.390 e. The summed E-state index contributed by atoms with van der Waals surface area (Å²) in [4.78, 5) is 2.41. The van der Waals surface area contributed by atoms with E-state index in [0.717, 1.165) is 42.3 Å². The molecule has 0 atom stereocenters. The third-order valence-electron chi connectivity index (χ3n) is 4.57. The molecule has 1 N–H and O–H groups in total. The summed E-state index contributed by atoms with van der Waals surface area (Å²) in [6.07, 6.45) is 5.76. The van der Waals surface area contributed by atoms with E-state index in [1.165, 1.54) is 25.7 Å². The fraction of sp³-hybridized carbons (Fsp3) is 0.875. The number of thioether (sulfide) groups is 1. The highest BCUT2D eigenvalue weighted by molar-refractivity contribution is 7.99. The molecular weight excluding hydrogens is 296 g/mol. The van der Waals surface area contributed by atoms with Gasteiger partial charge in [0.1, 0.15) is 0 Å². The Morgan fingerprint density at radius 2 is 1.86 bits per heavy atom. The molecule has 0 unspecified atom stereocenters. The van der Waals surface area contributed by atoms with Gasteiger partial charge in [0.05, 0.1) is 5.60 Å². The van der Waals surface area contributed by atoms with Gasteiger partial charge >= 0.3 is 0 Å². The zero-order valence-corrected chi connectivity index (χ0v) is 14.8. The van der Waals surface area contributed by atoms with Crippen LogP contribution in [0.5, 0.6) is 0 Å². The van der Waals surface area contributed by atoms with Gasteiger partial charge in [-0.25, -0.2) is 0 Å². The summed E-state index contributed by atoms with van der Waals surface area (Å²) >= 11 is 1.73. The van der Waals surface area contributed by atoms with E-state index < -0.39 is 5.60 Å². The smallest absolute Gasteiger partial charge is 0.228 e. The second-order valence-corrected chi connectivity index (χ2v) is 8.53. The van der Waals surface area contributed by atoms with Crippen LogP contribution >= 0.6 is 11.8 Å². The van der Waals surface area contributed by atoms with Gasteiger partial charge in [-0.05, 0) is 51.9 Å². The van der Waals surface area contributed by atoms with Gasteiger partial charge in [-0.2, -0.15) is 0 Å². The van der Waals surface area contributed by atoms with Crippen LogP contribution in [0, 0.1) is 5.92 Å². The molecule has 0 amide bonds. The van der Waals surface area contributed by atoms with Crippen molar-refractivity contribution in [3.8, 4) is 0 Å². The fourth-order valence-corrected chi connectivity index (χ4v) is 4.09. The highest BCUT2D eigenvalue weighted by atomic mass is 32.2. The van der Waals surface area contributed by atoms with Crippen molar-refractivity contribution in [3.05, 3.63) is 0 Å². The number of aromatic nitrogens is 3. The van der Waals surface area contributed by atoms with Gasteiger partial charge in [-0.3, -0.25) is 4.57 Å². The van der Waals surface area contributed by atoms with E-state index in [0.29, 0.717) is 6.04 Å². The minimum Gasteiger partial charge on any atom is -0.390 e. The first-order valence-corrected chi connectivity index (χ1v) is 9.47. The van der Waals surface area contributed by atoms with Crippen molar-refractivity contribution < 1.29 is 5.11 Å². The first-order valence-electron chi connectivity index (χ1n) is 8.49. The minimum atomic E-state index is -0.608. The van der Waals surface area contributed by atoms with Crippen molar-refractivity contribution in [2.75, 3.05) is 23.7 Å². The lowest BCUT2D eigenvalue weighted by atomic mass is 10.00. The first-order chi connectivity index (χ1) is 10.4. The molecule has 1 aliphatic carbocycles. The number of hydrogen-bond donors (Lipinski definition) is 1. The van der Waals surface area contributed by atoms with Crippen molar-refractivity contribution in [3.63, 3.8) is 0 Å². The molecule has 2 fully saturated rings. The van der Waals surface area contributed by atoms with Crippen LogP contribution < -0.4 is 4.90 Å². The Morgan fingerprint density at radius 3 is 2.45 bits per heavy atom. The standard InChI is InChI=1S/C16H28N4OS/c1-12-6-9-19(10-7-12)14-17-18-15(20(14)13-4-5-13)22-11-8-16(2,3)21/h12-13,21H,4-11H2,1-3H3. The molecule has 6 heteroatoms. The molecular formula is C16H28N4OS. The van der Waals surface area contributed by atoms with E-state index in [1.54, 1.807) is 11.8 Å². The van der Waals surface area contributed by atoms with Crippen molar-refractivity contribution in [1.82, 2.24) is 14.8 Å². The summed E-state index contributed by atoms with van der Waals surface area (Å²) in [5, 5.41) is 19.8. The van der Waals surface area contributed by atoms with Gasteiger partial charge in [-0.1, -0.05) is 18.7 Å². The number of hydrogen-bond acceptors (Lipinski definition) is 5. The molecule has 2 aliphatic rings. The summed E-state index contributed by atoms with van der Waals surface area (Å²) < 4.78 is 2.35. The van der Waals surface area contributed by atoms with E-state index in [4.69, 9.17) is 0 Å². The van der Waals surface area contributed by atoms with Crippen molar-refractivity contribution in [2.24, 2.45) is 5.92 Å². The molecule has 2 heterocycles. The Morgan fingerprint density at radius 1 is 1.18 bits per heavy atom. The van der Waals surface area contributed by atoms with Crippen LogP contribution in [-0.2, 0) is 0 Å².